The number of rotatable bonds is 4. The summed E-state index contributed by atoms with van der Waals surface area (Å²) < 4.78 is 18.4. The highest BCUT2D eigenvalue weighted by molar-refractivity contribution is 7.09. The third-order valence-electron chi connectivity index (χ3n) is 2.84. The summed E-state index contributed by atoms with van der Waals surface area (Å²) in [7, 11) is 1.29. The molecule has 6 heteroatoms. The van der Waals surface area contributed by atoms with Gasteiger partial charge in [0.25, 0.3) is 0 Å². The van der Waals surface area contributed by atoms with Gasteiger partial charge in [-0.3, -0.25) is 0 Å². The van der Waals surface area contributed by atoms with Crippen molar-refractivity contribution < 1.29 is 13.9 Å². The normalized spacial score (nSPS) is 12.0. The molecule has 0 spiro atoms. The van der Waals surface area contributed by atoms with E-state index in [0.29, 0.717) is 5.56 Å². The number of ether oxygens (including phenoxy) is 1. The van der Waals surface area contributed by atoms with E-state index < -0.39 is 11.8 Å². The van der Waals surface area contributed by atoms with Gasteiger partial charge in [0.05, 0.1) is 35.1 Å². The molecule has 0 saturated carbocycles. The van der Waals surface area contributed by atoms with Crippen LogP contribution in [0, 0.1) is 12.7 Å². The zero-order valence-electron chi connectivity index (χ0n) is 11.4. The lowest BCUT2D eigenvalue weighted by Crippen LogP contribution is -2.10. The average molecular weight is 294 g/mol. The predicted octanol–water partition coefficient (Wildman–Crippen LogP) is 3.55. The Morgan fingerprint density at radius 1 is 1.50 bits per heavy atom. The van der Waals surface area contributed by atoms with Gasteiger partial charge in [0, 0.05) is 5.38 Å². The lowest BCUT2D eigenvalue weighted by molar-refractivity contribution is 0.0600. The van der Waals surface area contributed by atoms with Crippen molar-refractivity contribution in [2.45, 2.75) is 19.9 Å². The summed E-state index contributed by atoms with van der Waals surface area (Å²) in [4.78, 5) is 15.8. The van der Waals surface area contributed by atoms with Crippen molar-refractivity contribution in [1.82, 2.24) is 4.98 Å². The van der Waals surface area contributed by atoms with Crippen molar-refractivity contribution in [3.05, 3.63) is 45.7 Å². The van der Waals surface area contributed by atoms with Gasteiger partial charge in [-0.25, -0.2) is 14.2 Å². The number of thiazole rings is 1. The largest absolute Gasteiger partial charge is 0.465 e. The standard InChI is InChI=1S/C14H15FN2O2S/c1-8(13-7-20-9(2)17-13)16-12-6-10(14(18)19-3)4-5-11(12)15/h4-8,16H,1-3H3. The zero-order valence-corrected chi connectivity index (χ0v) is 12.3. The quantitative estimate of drug-likeness (QED) is 0.876. The first-order valence-corrected chi connectivity index (χ1v) is 6.95. The minimum absolute atomic E-state index is 0.151. The van der Waals surface area contributed by atoms with Gasteiger partial charge in [0.1, 0.15) is 5.82 Å². The lowest BCUT2D eigenvalue weighted by atomic mass is 10.1. The van der Waals surface area contributed by atoms with Crippen molar-refractivity contribution in [3.8, 4) is 0 Å². The highest BCUT2D eigenvalue weighted by atomic mass is 32.1. The number of aromatic nitrogens is 1. The number of methoxy groups -OCH3 is 1. The first-order valence-electron chi connectivity index (χ1n) is 6.07. The van der Waals surface area contributed by atoms with Crippen LogP contribution in [0.2, 0.25) is 0 Å². The molecule has 1 aromatic carbocycles. The SMILES string of the molecule is COC(=O)c1ccc(F)c(NC(C)c2csc(C)n2)c1. The Kier molecular flexibility index (Phi) is 4.34. The zero-order chi connectivity index (χ0) is 14.7. The summed E-state index contributed by atoms with van der Waals surface area (Å²) in [6.07, 6.45) is 0. The molecule has 1 unspecified atom stereocenters. The van der Waals surface area contributed by atoms with Crippen LogP contribution < -0.4 is 5.32 Å². The van der Waals surface area contributed by atoms with E-state index in [1.807, 2.05) is 19.2 Å². The molecule has 2 rings (SSSR count). The van der Waals surface area contributed by atoms with Crippen LogP contribution in [0.5, 0.6) is 0 Å². The summed E-state index contributed by atoms with van der Waals surface area (Å²) >= 11 is 1.54. The summed E-state index contributed by atoms with van der Waals surface area (Å²) in [5.41, 5.74) is 1.40. The topological polar surface area (TPSA) is 51.2 Å². The first-order chi connectivity index (χ1) is 9.51. The third-order valence-corrected chi connectivity index (χ3v) is 3.63. The number of nitrogens with one attached hydrogen (secondary N) is 1. The van der Waals surface area contributed by atoms with Crippen LogP contribution in [0.25, 0.3) is 0 Å². The molecule has 106 valence electrons. The van der Waals surface area contributed by atoms with Gasteiger partial charge < -0.3 is 10.1 Å². The van der Waals surface area contributed by atoms with Crippen molar-refractivity contribution in [2.75, 3.05) is 12.4 Å². The summed E-state index contributed by atoms with van der Waals surface area (Å²) in [6, 6.07) is 3.93. The Bertz CT molecular complexity index is 627. The Morgan fingerprint density at radius 2 is 2.25 bits per heavy atom. The number of anilines is 1. The molecule has 4 nitrogen and oxygen atoms in total. The molecule has 2 aromatic rings. The number of esters is 1. The van der Waals surface area contributed by atoms with Crippen molar-refractivity contribution >= 4 is 23.0 Å². The molecule has 1 heterocycles. The molecule has 0 radical (unpaired) electrons. The first kappa shape index (κ1) is 14.5. The van der Waals surface area contributed by atoms with Crippen LogP contribution >= 0.6 is 11.3 Å². The number of carbonyl (C=O) groups is 1. The minimum Gasteiger partial charge on any atom is -0.465 e. The molecular weight excluding hydrogens is 279 g/mol. The number of hydrogen-bond donors (Lipinski definition) is 1. The van der Waals surface area contributed by atoms with Crippen LogP contribution in [0.3, 0.4) is 0 Å². The van der Waals surface area contributed by atoms with Crippen molar-refractivity contribution in [3.63, 3.8) is 0 Å². The molecular formula is C14H15FN2O2S. The van der Waals surface area contributed by atoms with Crippen LogP contribution in [-0.2, 0) is 4.74 Å². The number of benzene rings is 1. The maximum atomic E-state index is 13.8. The third kappa shape index (κ3) is 3.14. The van der Waals surface area contributed by atoms with Crippen molar-refractivity contribution in [2.24, 2.45) is 0 Å². The fourth-order valence-corrected chi connectivity index (χ4v) is 2.47. The monoisotopic (exact) mass is 294 g/mol. The van der Waals surface area contributed by atoms with Crippen LogP contribution in [0.15, 0.2) is 23.6 Å². The maximum absolute atomic E-state index is 13.8. The Labute approximate surface area is 120 Å². The van der Waals surface area contributed by atoms with E-state index in [2.05, 4.69) is 15.0 Å². The fraction of sp³-hybridized carbons (Fsp3) is 0.286. The van der Waals surface area contributed by atoms with E-state index in [4.69, 9.17) is 0 Å². The van der Waals surface area contributed by atoms with Gasteiger partial charge in [0.2, 0.25) is 0 Å². The van der Waals surface area contributed by atoms with E-state index >= 15 is 0 Å². The van der Waals surface area contributed by atoms with E-state index in [1.165, 1.54) is 25.3 Å². The molecule has 0 bridgehead atoms. The van der Waals surface area contributed by atoms with Gasteiger partial charge in [-0.05, 0) is 32.0 Å². The van der Waals surface area contributed by atoms with Crippen LogP contribution in [0.4, 0.5) is 10.1 Å². The van der Waals surface area contributed by atoms with Crippen molar-refractivity contribution in [1.29, 1.82) is 0 Å². The summed E-state index contributed by atoms with van der Waals surface area (Å²) in [6.45, 7) is 3.80. The highest BCUT2D eigenvalue weighted by Crippen LogP contribution is 2.24. The van der Waals surface area contributed by atoms with Crippen LogP contribution in [0.1, 0.15) is 34.0 Å². The smallest absolute Gasteiger partial charge is 0.337 e. The van der Waals surface area contributed by atoms with Gasteiger partial charge in [-0.2, -0.15) is 0 Å². The molecule has 1 N–H and O–H groups in total. The Hall–Kier alpha value is -1.95. The fourth-order valence-electron chi connectivity index (χ4n) is 1.77. The Morgan fingerprint density at radius 3 is 2.85 bits per heavy atom. The number of halogens is 1. The predicted molar refractivity (Wildman–Crippen MR) is 76.6 cm³/mol. The second-order valence-electron chi connectivity index (χ2n) is 4.34. The molecule has 0 aliphatic carbocycles. The van der Waals surface area contributed by atoms with E-state index in [9.17, 15) is 9.18 Å². The molecule has 0 saturated heterocycles. The number of aryl methyl sites for hydroxylation is 1. The van der Waals surface area contributed by atoms with E-state index in [-0.39, 0.29) is 11.7 Å². The van der Waals surface area contributed by atoms with E-state index in [0.717, 1.165) is 10.7 Å². The summed E-state index contributed by atoms with van der Waals surface area (Å²) in [5.74, 6) is -0.915. The molecule has 1 atom stereocenters. The second-order valence-corrected chi connectivity index (χ2v) is 5.41. The second kappa shape index (κ2) is 6.00. The average Bonchev–Trinajstić information content (AvgIpc) is 2.87. The number of hydrogen-bond acceptors (Lipinski definition) is 5. The lowest BCUT2D eigenvalue weighted by Gasteiger charge is -2.14. The molecule has 0 amide bonds. The molecule has 0 aliphatic heterocycles. The van der Waals surface area contributed by atoms with Crippen LogP contribution in [-0.4, -0.2) is 18.1 Å². The Balaban J connectivity index is 2.22. The van der Waals surface area contributed by atoms with Gasteiger partial charge >= 0.3 is 5.97 Å². The molecule has 20 heavy (non-hydrogen) atoms. The molecule has 0 aliphatic rings. The minimum atomic E-state index is -0.495. The molecule has 1 aromatic heterocycles. The summed E-state index contributed by atoms with van der Waals surface area (Å²) in [5, 5.41) is 5.90. The number of nitrogens with zero attached hydrogens (tertiary/aromatic N) is 1. The van der Waals surface area contributed by atoms with Gasteiger partial charge in [0.15, 0.2) is 0 Å². The van der Waals surface area contributed by atoms with Gasteiger partial charge in [-0.1, -0.05) is 0 Å². The van der Waals surface area contributed by atoms with Gasteiger partial charge in [-0.15, -0.1) is 11.3 Å². The molecule has 0 fully saturated rings. The van der Waals surface area contributed by atoms with E-state index in [1.54, 1.807) is 11.3 Å². The number of carbonyl (C=O) groups excluding carboxylic acids is 1. The highest BCUT2D eigenvalue weighted by Gasteiger charge is 2.14. The maximum Gasteiger partial charge on any atom is 0.337 e.